The van der Waals surface area contributed by atoms with Crippen LogP contribution in [0, 0.1) is 0 Å². The molecule has 0 saturated carbocycles. The predicted molar refractivity (Wildman–Crippen MR) is 43.8 cm³/mol. The zero-order valence-electron chi connectivity index (χ0n) is 5.63. The average molecular weight is 210 g/mol. The van der Waals surface area contributed by atoms with E-state index in [9.17, 15) is 4.79 Å². The van der Waals surface area contributed by atoms with Gasteiger partial charge in [0.2, 0.25) is 0 Å². The van der Waals surface area contributed by atoms with Crippen molar-refractivity contribution in [3.8, 4) is 0 Å². The van der Waals surface area contributed by atoms with E-state index in [1.54, 1.807) is 0 Å². The van der Waals surface area contributed by atoms with E-state index < -0.39 is 0 Å². The maximum absolute atomic E-state index is 11.1. The van der Waals surface area contributed by atoms with Gasteiger partial charge < -0.3 is 0 Å². The topological polar surface area (TPSA) is 29.1 Å². The number of hydrogen-bond donors (Lipinski definition) is 1. The molecule has 54 valence electrons. The van der Waals surface area contributed by atoms with Crippen molar-refractivity contribution in [1.29, 1.82) is 0 Å². The van der Waals surface area contributed by atoms with Crippen LogP contribution in [0.3, 0.4) is 0 Å². The molecule has 0 saturated heterocycles. The molecule has 0 fully saturated rings. The number of hydrogen-bond acceptors (Lipinski definition) is 1. The van der Waals surface area contributed by atoms with Gasteiger partial charge in [-0.25, -0.2) is 0 Å². The van der Waals surface area contributed by atoms with Crippen LogP contribution < -0.4 is 5.32 Å². The molecular weight excluding hydrogens is 205 g/mol. The SMILES string of the molecule is O=C1NC(=[Se])c2ccccc21. The summed E-state index contributed by atoms with van der Waals surface area (Å²) < 4.78 is 0.825. The van der Waals surface area contributed by atoms with Crippen LogP contribution in [0.25, 0.3) is 0 Å². The molecular formula is C8H5NOSe. The van der Waals surface area contributed by atoms with Crippen molar-refractivity contribution >= 4 is 26.0 Å². The van der Waals surface area contributed by atoms with Crippen LogP contribution in [-0.2, 0) is 0 Å². The Balaban J connectivity index is 2.69. The first kappa shape index (κ1) is 6.77. The zero-order chi connectivity index (χ0) is 7.84. The summed E-state index contributed by atoms with van der Waals surface area (Å²) in [4.78, 5) is 11.1. The average Bonchev–Trinajstić information content (AvgIpc) is 2.30. The van der Waals surface area contributed by atoms with Crippen molar-refractivity contribution in [1.82, 2.24) is 5.32 Å². The summed E-state index contributed by atoms with van der Waals surface area (Å²) in [6, 6.07) is 7.50. The Morgan fingerprint density at radius 3 is 2.45 bits per heavy atom. The molecule has 1 amide bonds. The molecule has 0 spiro atoms. The second-order valence-electron chi connectivity index (χ2n) is 2.33. The summed E-state index contributed by atoms with van der Waals surface area (Å²) >= 11 is 2.81. The van der Waals surface area contributed by atoms with Crippen molar-refractivity contribution in [2.75, 3.05) is 0 Å². The van der Waals surface area contributed by atoms with E-state index in [1.807, 2.05) is 24.3 Å². The molecule has 0 radical (unpaired) electrons. The molecule has 0 bridgehead atoms. The second kappa shape index (κ2) is 2.29. The summed E-state index contributed by atoms with van der Waals surface area (Å²) in [5, 5.41) is 2.70. The van der Waals surface area contributed by atoms with Crippen molar-refractivity contribution in [3.63, 3.8) is 0 Å². The van der Waals surface area contributed by atoms with Gasteiger partial charge in [-0.3, -0.25) is 0 Å². The Kier molecular flexibility index (Phi) is 1.41. The van der Waals surface area contributed by atoms with Crippen molar-refractivity contribution in [3.05, 3.63) is 35.4 Å². The van der Waals surface area contributed by atoms with Crippen molar-refractivity contribution in [2.45, 2.75) is 0 Å². The Morgan fingerprint density at radius 2 is 1.82 bits per heavy atom. The van der Waals surface area contributed by atoms with E-state index in [1.165, 1.54) is 0 Å². The molecule has 1 N–H and O–H groups in total. The zero-order valence-corrected chi connectivity index (χ0v) is 7.34. The van der Waals surface area contributed by atoms with Gasteiger partial charge in [-0.15, -0.1) is 0 Å². The van der Waals surface area contributed by atoms with Gasteiger partial charge in [0.15, 0.2) is 0 Å². The molecule has 0 aliphatic carbocycles. The second-order valence-corrected chi connectivity index (χ2v) is 3.19. The minimum atomic E-state index is -0.0191. The van der Waals surface area contributed by atoms with Crippen LogP contribution in [0.1, 0.15) is 15.9 Å². The van der Waals surface area contributed by atoms with Crippen molar-refractivity contribution < 1.29 is 4.79 Å². The van der Waals surface area contributed by atoms with Crippen LogP contribution in [0.2, 0.25) is 0 Å². The number of carbonyl (C=O) groups is 1. The molecule has 2 nitrogen and oxygen atoms in total. The van der Waals surface area contributed by atoms with E-state index in [-0.39, 0.29) is 5.91 Å². The maximum atomic E-state index is 11.1. The number of benzene rings is 1. The van der Waals surface area contributed by atoms with Gasteiger partial charge in [0, 0.05) is 0 Å². The minimum absolute atomic E-state index is 0.0191. The third-order valence-corrected chi connectivity index (χ3v) is 2.32. The summed E-state index contributed by atoms with van der Waals surface area (Å²) in [5.74, 6) is -0.0191. The Bertz CT molecular complexity index is 313. The molecule has 11 heavy (non-hydrogen) atoms. The Morgan fingerprint density at radius 1 is 1.18 bits per heavy atom. The van der Waals surface area contributed by atoms with Gasteiger partial charge in [0.05, 0.1) is 0 Å². The fraction of sp³-hybridized carbons (Fsp3) is 0. The van der Waals surface area contributed by atoms with Crippen LogP contribution >= 0.6 is 0 Å². The molecule has 1 aliphatic heterocycles. The third kappa shape index (κ3) is 0.933. The summed E-state index contributed by atoms with van der Waals surface area (Å²) in [6.07, 6.45) is 0. The molecule has 0 atom stereocenters. The molecule has 3 heteroatoms. The normalized spacial score (nSPS) is 14.5. The fourth-order valence-corrected chi connectivity index (χ4v) is 1.68. The summed E-state index contributed by atoms with van der Waals surface area (Å²) in [5.41, 5.74) is 1.72. The van der Waals surface area contributed by atoms with Gasteiger partial charge in [0.25, 0.3) is 0 Å². The van der Waals surface area contributed by atoms with E-state index >= 15 is 0 Å². The molecule has 1 aromatic carbocycles. The van der Waals surface area contributed by atoms with Crippen LogP contribution in [-0.4, -0.2) is 26.0 Å². The van der Waals surface area contributed by atoms with Crippen LogP contribution in [0.5, 0.6) is 0 Å². The predicted octanol–water partition coefficient (Wildman–Crippen LogP) is 0.0765. The van der Waals surface area contributed by atoms with E-state index in [2.05, 4.69) is 20.9 Å². The van der Waals surface area contributed by atoms with E-state index in [4.69, 9.17) is 0 Å². The van der Waals surface area contributed by atoms with Gasteiger partial charge in [0.1, 0.15) is 0 Å². The molecule has 2 rings (SSSR count). The Labute approximate surface area is 72.0 Å². The molecule has 0 unspecified atom stereocenters. The summed E-state index contributed by atoms with van der Waals surface area (Å²) in [7, 11) is 0. The number of carbonyl (C=O) groups excluding carboxylic acids is 1. The van der Waals surface area contributed by atoms with Crippen molar-refractivity contribution in [2.24, 2.45) is 0 Å². The van der Waals surface area contributed by atoms with Gasteiger partial charge >= 0.3 is 71.5 Å². The van der Waals surface area contributed by atoms with E-state index in [0.29, 0.717) is 0 Å². The molecule has 1 heterocycles. The first-order valence-electron chi connectivity index (χ1n) is 3.24. The summed E-state index contributed by atoms with van der Waals surface area (Å²) in [6.45, 7) is 0. The first-order valence-corrected chi connectivity index (χ1v) is 4.09. The fourth-order valence-electron chi connectivity index (χ4n) is 1.12. The third-order valence-electron chi connectivity index (χ3n) is 1.64. The number of fused-ring (bicyclic) bond motifs is 1. The van der Waals surface area contributed by atoms with Crippen LogP contribution in [0.4, 0.5) is 0 Å². The molecule has 0 aromatic heterocycles. The number of amides is 1. The first-order chi connectivity index (χ1) is 5.29. The molecule has 1 aromatic rings. The van der Waals surface area contributed by atoms with E-state index in [0.717, 1.165) is 15.7 Å². The standard InChI is InChI=1S/C8H5NOSe/c10-7-5-3-1-2-4-6(5)8(11)9-7/h1-4H,(H,9,10,11). The monoisotopic (exact) mass is 211 g/mol. The van der Waals surface area contributed by atoms with Crippen LogP contribution in [0.15, 0.2) is 24.3 Å². The molecule has 1 aliphatic rings. The Hall–Kier alpha value is -0.921. The number of nitrogens with one attached hydrogen (secondary N) is 1. The number of rotatable bonds is 0. The van der Waals surface area contributed by atoms with Gasteiger partial charge in [-0.2, -0.15) is 0 Å². The van der Waals surface area contributed by atoms with Gasteiger partial charge in [-0.05, 0) is 0 Å². The van der Waals surface area contributed by atoms with Gasteiger partial charge in [-0.1, -0.05) is 0 Å². The quantitative estimate of drug-likeness (QED) is 0.603.